The van der Waals surface area contributed by atoms with Crippen LogP contribution in [0.1, 0.15) is 18.4 Å². The second kappa shape index (κ2) is 7.02. The fourth-order valence-electron chi connectivity index (χ4n) is 2.35. The summed E-state index contributed by atoms with van der Waals surface area (Å²) >= 11 is 3.27. The van der Waals surface area contributed by atoms with Crippen LogP contribution in [0.3, 0.4) is 0 Å². The highest BCUT2D eigenvalue weighted by Crippen LogP contribution is 2.25. The summed E-state index contributed by atoms with van der Waals surface area (Å²) in [4.78, 5) is 0. The molecule has 1 fully saturated rings. The van der Waals surface area contributed by atoms with E-state index in [4.69, 9.17) is 0 Å². The summed E-state index contributed by atoms with van der Waals surface area (Å²) in [6.45, 7) is -2.30. The minimum Gasteiger partial charge on any atom is -0.434 e. The van der Waals surface area contributed by atoms with Gasteiger partial charge >= 0.3 is 6.61 Å². The molecule has 1 heterocycles. The van der Waals surface area contributed by atoms with Crippen molar-refractivity contribution >= 4 is 25.8 Å². The van der Waals surface area contributed by atoms with Crippen molar-refractivity contribution in [3.63, 3.8) is 0 Å². The van der Waals surface area contributed by atoms with Crippen molar-refractivity contribution in [3.8, 4) is 5.75 Å². The fourth-order valence-corrected chi connectivity index (χ4v) is 4.56. The molecule has 0 aromatic heterocycles. The van der Waals surface area contributed by atoms with Crippen LogP contribution in [0.2, 0.25) is 0 Å². The lowest BCUT2D eigenvalue weighted by Gasteiger charge is -2.14. The van der Waals surface area contributed by atoms with E-state index in [1.54, 1.807) is 12.1 Å². The molecule has 1 aromatic rings. The normalized spacial score (nSPS) is 20.9. The molecule has 4 nitrogen and oxygen atoms in total. The van der Waals surface area contributed by atoms with Crippen molar-refractivity contribution in [2.45, 2.75) is 31.2 Å². The van der Waals surface area contributed by atoms with Crippen LogP contribution in [-0.4, -0.2) is 32.6 Å². The van der Waals surface area contributed by atoms with E-state index < -0.39 is 16.4 Å². The van der Waals surface area contributed by atoms with Gasteiger partial charge in [0, 0.05) is 23.1 Å². The van der Waals surface area contributed by atoms with E-state index >= 15 is 0 Å². The van der Waals surface area contributed by atoms with Gasteiger partial charge in [-0.15, -0.1) is 0 Å². The number of ether oxygens (including phenoxy) is 1. The Morgan fingerprint density at radius 1 is 1.43 bits per heavy atom. The highest BCUT2D eigenvalue weighted by atomic mass is 79.9. The topological polar surface area (TPSA) is 55.4 Å². The summed E-state index contributed by atoms with van der Waals surface area (Å²) in [5, 5.41) is 2.63. The summed E-state index contributed by atoms with van der Waals surface area (Å²) < 4.78 is 53.3. The third kappa shape index (κ3) is 4.62. The Balaban J connectivity index is 1.97. The highest BCUT2D eigenvalue weighted by Gasteiger charge is 2.30. The molecule has 0 aliphatic carbocycles. The van der Waals surface area contributed by atoms with Gasteiger partial charge in [0.05, 0.1) is 11.0 Å². The zero-order valence-corrected chi connectivity index (χ0v) is 13.6. The minimum absolute atomic E-state index is 0.0926. The molecule has 0 radical (unpaired) electrons. The van der Waals surface area contributed by atoms with Gasteiger partial charge in [0.1, 0.15) is 5.75 Å². The summed E-state index contributed by atoms with van der Waals surface area (Å²) in [6, 6.07) is 4.75. The maximum Gasteiger partial charge on any atom is 0.387 e. The van der Waals surface area contributed by atoms with Gasteiger partial charge in [-0.25, -0.2) is 8.42 Å². The van der Waals surface area contributed by atoms with Crippen molar-refractivity contribution in [3.05, 3.63) is 28.2 Å². The molecule has 1 atom stereocenters. The lowest BCUT2D eigenvalue weighted by molar-refractivity contribution is -0.0505. The zero-order chi connectivity index (χ0) is 15.5. The summed E-state index contributed by atoms with van der Waals surface area (Å²) in [5.74, 6) is 0.325. The summed E-state index contributed by atoms with van der Waals surface area (Å²) in [7, 11) is -3.00. The van der Waals surface area contributed by atoms with Crippen molar-refractivity contribution < 1.29 is 21.9 Å². The van der Waals surface area contributed by atoms with E-state index in [2.05, 4.69) is 26.0 Å². The first-order valence-corrected chi connectivity index (χ1v) is 9.05. The molecule has 1 N–H and O–H groups in total. The van der Waals surface area contributed by atoms with E-state index in [-0.39, 0.29) is 23.3 Å². The molecule has 1 saturated heterocycles. The Morgan fingerprint density at radius 2 is 2.19 bits per heavy atom. The van der Waals surface area contributed by atoms with Crippen LogP contribution >= 0.6 is 15.9 Å². The Labute approximate surface area is 130 Å². The largest absolute Gasteiger partial charge is 0.434 e. The number of sulfone groups is 1. The molecule has 21 heavy (non-hydrogen) atoms. The number of hydrogen-bond acceptors (Lipinski definition) is 4. The van der Waals surface area contributed by atoms with Crippen LogP contribution in [0.15, 0.2) is 22.7 Å². The molecule has 1 aromatic carbocycles. The highest BCUT2D eigenvalue weighted by molar-refractivity contribution is 9.10. The SMILES string of the molecule is O=S1(=O)CCCC1CNCc1cc(Br)ccc1OC(F)F. The second-order valence-corrected chi connectivity index (χ2v) is 8.21. The summed E-state index contributed by atoms with van der Waals surface area (Å²) in [6.07, 6.45) is 1.33. The van der Waals surface area contributed by atoms with Gasteiger partial charge in [0.25, 0.3) is 0 Å². The predicted octanol–water partition coefficient (Wildman–Crippen LogP) is 2.72. The number of benzene rings is 1. The van der Waals surface area contributed by atoms with Crippen molar-refractivity contribution in [1.29, 1.82) is 0 Å². The molecule has 0 amide bonds. The average Bonchev–Trinajstić information content (AvgIpc) is 2.71. The van der Waals surface area contributed by atoms with Crippen LogP contribution in [0.25, 0.3) is 0 Å². The van der Waals surface area contributed by atoms with Crippen LogP contribution in [0, 0.1) is 0 Å². The molecular formula is C13H16BrF2NO3S. The molecule has 1 aliphatic rings. The van der Waals surface area contributed by atoms with Gasteiger partial charge in [-0.1, -0.05) is 15.9 Å². The van der Waals surface area contributed by atoms with E-state index in [1.807, 2.05) is 0 Å². The van der Waals surface area contributed by atoms with E-state index in [0.717, 1.165) is 4.47 Å². The van der Waals surface area contributed by atoms with Crippen LogP contribution in [0.5, 0.6) is 5.75 Å². The third-order valence-electron chi connectivity index (χ3n) is 3.39. The molecule has 8 heteroatoms. The third-order valence-corrected chi connectivity index (χ3v) is 6.16. The summed E-state index contributed by atoms with van der Waals surface area (Å²) in [5.41, 5.74) is 0.556. The molecule has 0 saturated carbocycles. The van der Waals surface area contributed by atoms with Crippen LogP contribution in [0.4, 0.5) is 8.78 Å². The van der Waals surface area contributed by atoms with Gasteiger partial charge in [-0.2, -0.15) is 8.78 Å². The number of halogens is 3. The molecule has 0 spiro atoms. The first-order chi connectivity index (χ1) is 9.88. The average molecular weight is 384 g/mol. The number of hydrogen-bond donors (Lipinski definition) is 1. The quantitative estimate of drug-likeness (QED) is 0.820. The Hall–Kier alpha value is -0.730. The predicted molar refractivity (Wildman–Crippen MR) is 79.3 cm³/mol. The Morgan fingerprint density at radius 3 is 2.81 bits per heavy atom. The van der Waals surface area contributed by atoms with Crippen molar-refractivity contribution in [2.75, 3.05) is 12.3 Å². The van der Waals surface area contributed by atoms with E-state index in [1.165, 1.54) is 6.07 Å². The minimum atomic E-state index is -3.00. The van der Waals surface area contributed by atoms with Gasteiger partial charge in [-0.05, 0) is 31.0 Å². The van der Waals surface area contributed by atoms with Crippen LogP contribution < -0.4 is 10.1 Å². The van der Waals surface area contributed by atoms with Gasteiger partial charge in [-0.3, -0.25) is 0 Å². The van der Waals surface area contributed by atoms with Gasteiger partial charge in [0.15, 0.2) is 9.84 Å². The lowest BCUT2D eigenvalue weighted by Crippen LogP contribution is -2.30. The molecule has 1 aliphatic heterocycles. The van der Waals surface area contributed by atoms with Crippen LogP contribution in [-0.2, 0) is 16.4 Å². The smallest absolute Gasteiger partial charge is 0.387 e. The zero-order valence-electron chi connectivity index (χ0n) is 11.2. The molecule has 0 bridgehead atoms. The van der Waals surface area contributed by atoms with E-state index in [9.17, 15) is 17.2 Å². The monoisotopic (exact) mass is 383 g/mol. The van der Waals surface area contributed by atoms with Crippen molar-refractivity contribution in [2.24, 2.45) is 0 Å². The van der Waals surface area contributed by atoms with Gasteiger partial charge in [0.2, 0.25) is 0 Å². The second-order valence-electron chi connectivity index (χ2n) is 4.89. The fraction of sp³-hybridized carbons (Fsp3) is 0.538. The number of rotatable bonds is 6. The van der Waals surface area contributed by atoms with E-state index in [0.29, 0.717) is 24.9 Å². The maximum atomic E-state index is 12.3. The standard InChI is InChI=1S/C13H16BrF2NO3S/c14-10-3-4-12(20-13(15)16)9(6-10)7-17-8-11-2-1-5-21(11,18)19/h3-4,6,11,13,17H,1-2,5,7-8H2. The molecular weight excluding hydrogens is 368 g/mol. The lowest BCUT2D eigenvalue weighted by atomic mass is 10.2. The number of alkyl halides is 2. The first kappa shape index (κ1) is 16.6. The molecule has 1 unspecified atom stereocenters. The number of nitrogens with one attached hydrogen (secondary N) is 1. The maximum absolute atomic E-state index is 12.3. The van der Waals surface area contributed by atoms with Crippen molar-refractivity contribution in [1.82, 2.24) is 5.32 Å². The molecule has 118 valence electrons. The Bertz CT molecular complexity index is 595. The first-order valence-electron chi connectivity index (χ1n) is 6.54. The van der Waals surface area contributed by atoms with Gasteiger partial charge < -0.3 is 10.1 Å². The Kier molecular flexibility index (Phi) is 5.56. The molecule has 2 rings (SSSR count).